The Balaban J connectivity index is 1.73. The van der Waals surface area contributed by atoms with Gasteiger partial charge < -0.3 is 24.8 Å². The molecule has 6 heteroatoms. The van der Waals surface area contributed by atoms with Crippen molar-refractivity contribution in [3.8, 4) is 17.2 Å². The van der Waals surface area contributed by atoms with Crippen molar-refractivity contribution in [2.75, 3.05) is 34.4 Å². The van der Waals surface area contributed by atoms with E-state index in [-0.39, 0.29) is 5.41 Å². The van der Waals surface area contributed by atoms with Crippen LogP contribution in [-0.2, 0) is 12.0 Å². The average Bonchev–Trinajstić information content (AvgIpc) is 2.76. The maximum atomic E-state index is 5.45. The Hall–Kier alpha value is -2.89. The zero-order valence-corrected chi connectivity index (χ0v) is 18.5. The van der Waals surface area contributed by atoms with Gasteiger partial charge in [0.15, 0.2) is 17.5 Å². The lowest BCUT2D eigenvalue weighted by Gasteiger charge is -2.43. The first-order chi connectivity index (χ1) is 14.7. The summed E-state index contributed by atoms with van der Waals surface area (Å²) in [5.41, 5.74) is 2.59. The smallest absolute Gasteiger partial charge is 0.203 e. The fourth-order valence-corrected chi connectivity index (χ4v) is 3.95. The molecule has 0 unspecified atom stereocenters. The van der Waals surface area contributed by atoms with Crippen molar-refractivity contribution >= 4 is 5.96 Å². The van der Waals surface area contributed by atoms with Crippen molar-refractivity contribution < 1.29 is 14.2 Å². The minimum atomic E-state index is 0.198. The minimum absolute atomic E-state index is 0.198. The first kappa shape index (κ1) is 21.8. The van der Waals surface area contributed by atoms with Crippen molar-refractivity contribution in [2.24, 2.45) is 4.99 Å². The van der Waals surface area contributed by atoms with Crippen LogP contribution in [0.15, 0.2) is 47.5 Å². The Morgan fingerprint density at radius 1 is 0.967 bits per heavy atom. The van der Waals surface area contributed by atoms with E-state index in [0.29, 0.717) is 23.8 Å². The second-order valence-corrected chi connectivity index (χ2v) is 7.58. The quantitative estimate of drug-likeness (QED) is 0.484. The summed E-state index contributed by atoms with van der Waals surface area (Å²) >= 11 is 0. The number of hydrogen-bond donors (Lipinski definition) is 2. The lowest BCUT2D eigenvalue weighted by Crippen LogP contribution is -2.48. The van der Waals surface area contributed by atoms with E-state index >= 15 is 0 Å². The van der Waals surface area contributed by atoms with Gasteiger partial charge in [-0.2, -0.15) is 0 Å². The van der Waals surface area contributed by atoms with Crippen LogP contribution in [0.5, 0.6) is 17.2 Å². The zero-order chi connectivity index (χ0) is 21.4. The number of methoxy groups -OCH3 is 3. The minimum Gasteiger partial charge on any atom is -0.493 e. The van der Waals surface area contributed by atoms with Gasteiger partial charge in [0.2, 0.25) is 5.75 Å². The molecular weight excluding hydrogens is 378 g/mol. The summed E-state index contributed by atoms with van der Waals surface area (Å²) in [4.78, 5) is 4.79. The maximum Gasteiger partial charge on any atom is 0.203 e. The van der Waals surface area contributed by atoms with Gasteiger partial charge in [0.1, 0.15) is 0 Å². The van der Waals surface area contributed by atoms with Crippen molar-refractivity contribution in [1.82, 2.24) is 10.6 Å². The monoisotopic (exact) mass is 411 g/mol. The predicted octanol–water partition coefficient (Wildman–Crippen LogP) is 3.89. The molecule has 0 bridgehead atoms. The average molecular weight is 412 g/mol. The summed E-state index contributed by atoms with van der Waals surface area (Å²) in [7, 11) is 4.85. The van der Waals surface area contributed by atoms with Gasteiger partial charge in [-0.1, -0.05) is 36.8 Å². The lowest BCUT2D eigenvalue weighted by molar-refractivity contribution is 0.244. The molecule has 30 heavy (non-hydrogen) atoms. The molecule has 2 aromatic rings. The van der Waals surface area contributed by atoms with E-state index in [0.717, 1.165) is 24.6 Å². The summed E-state index contributed by atoms with van der Waals surface area (Å²) in [5.74, 6) is 2.68. The highest BCUT2D eigenvalue weighted by molar-refractivity contribution is 5.80. The van der Waals surface area contributed by atoms with Crippen LogP contribution in [0.3, 0.4) is 0 Å². The number of rotatable bonds is 9. The fourth-order valence-electron chi connectivity index (χ4n) is 3.95. The van der Waals surface area contributed by atoms with Crippen LogP contribution in [0.4, 0.5) is 0 Å². The Bertz CT molecular complexity index is 823. The van der Waals surface area contributed by atoms with Crippen LogP contribution in [0, 0.1) is 0 Å². The SMILES string of the molecule is CCNC(=NCc1cc(OC)c(OC)c(OC)c1)NCC1(c2ccccc2)CCC1. The molecule has 1 aliphatic rings. The van der Waals surface area contributed by atoms with Gasteiger partial charge in [-0.3, -0.25) is 0 Å². The van der Waals surface area contributed by atoms with Crippen molar-refractivity contribution in [2.45, 2.75) is 38.1 Å². The van der Waals surface area contributed by atoms with Crippen LogP contribution < -0.4 is 24.8 Å². The number of aliphatic imine (C=N–C) groups is 1. The first-order valence-electron chi connectivity index (χ1n) is 10.5. The van der Waals surface area contributed by atoms with Crippen molar-refractivity contribution in [3.05, 3.63) is 53.6 Å². The van der Waals surface area contributed by atoms with E-state index in [9.17, 15) is 0 Å². The van der Waals surface area contributed by atoms with Crippen LogP contribution in [-0.4, -0.2) is 40.4 Å². The molecule has 0 spiro atoms. The second-order valence-electron chi connectivity index (χ2n) is 7.58. The molecule has 1 fully saturated rings. The van der Waals surface area contributed by atoms with Gasteiger partial charge in [-0.05, 0) is 43.0 Å². The van der Waals surface area contributed by atoms with E-state index in [4.69, 9.17) is 19.2 Å². The summed E-state index contributed by atoms with van der Waals surface area (Å²) in [5, 5.41) is 6.92. The van der Waals surface area contributed by atoms with Crippen LogP contribution >= 0.6 is 0 Å². The molecule has 0 heterocycles. The normalized spacial score (nSPS) is 15.1. The Morgan fingerprint density at radius 2 is 1.63 bits per heavy atom. The molecule has 162 valence electrons. The van der Waals surface area contributed by atoms with E-state index in [1.54, 1.807) is 21.3 Å². The number of hydrogen-bond acceptors (Lipinski definition) is 4. The summed E-state index contributed by atoms with van der Waals surface area (Å²) in [6.45, 7) is 4.26. The number of benzene rings is 2. The maximum absolute atomic E-state index is 5.45. The molecule has 1 saturated carbocycles. The number of ether oxygens (including phenoxy) is 3. The lowest BCUT2D eigenvalue weighted by atomic mass is 9.64. The summed E-state index contributed by atoms with van der Waals surface area (Å²) < 4.78 is 16.3. The molecule has 0 aliphatic heterocycles. The molecule has 1 aliphatic carbocycles. The molecule has 0 aromatic heterocycles. The van der Waals surface area contributed by atoms with E-state index in [1.165, 1.54) is 24.8 Å². The highest BCUT2D eigenvalue weighted by atomic mass is 16.5. The van der Waals surface area contributed by atoms with Gasteiger partial charge in [0.05, 0.1) is 27.9 Å². The largest absolute Gasteiger partial charge is 0.493 e. The van der Waals surface area contributed by atoms with E-state index in [1.807, 2.05) is 12.1 Å². The standard InChI is InChI=1S/C24H33N3O3/c1-5-25-23(27-17-24(12-9-13-24)19-10-7-6-8-11-19)26-16-18-14-20(28-2)22(30-4)21(15-18)29-3/h6-8,10-11,14-15H,5,9,12-13,16-17H2,1-4H3,(H2,25,26,27). The predicted molar refractivity (Wildman–Crippen MR) is 121 cm³/mol. The van der Waals surface area contributed by atoms with Gasteiger partial charge in [-0.15, -0.1) is 0 Å². The number of nitrogens with one attached hydrogen (secondary N) is 2. The highest BCUT2D eigenvalue weighted by Gasteiger charge is 2.38. The van der Waals surface area contributed by atoms with Crippen molar-refractivity contribution in [1.29, 1.82) is 0 Å². The first-order valence-corrected chi connectivity index (χ1v) is 10.5. The molecule has 0 amide bonds. The molecule has 0 atom stereocenters. The Morgan fingerprint density at radius 3 is 2.13 bits per heavy atom. The van der Waals surface area contributed by atoms with E-state index < -0.39 is 0 Å². The molecule has 2 aromatic carbocycles. The highest BCUT2D eigenvalue weighted by Crippen LogP contribution is 2.43. The number of nitrogens with zero attached hydrogens (tertiary/aromatic N) is 1. The van der Waals surface area contributed by atoms with Crippen molar-refractivity contribution in [3.63, 3.8) is 0 Å². The fraction of sp³-hybridized carbons (Fsp3) is 0.458. The van der Waals surface area contributed by atoms with Crippen LogP contribution in [0.2, 0.25) is 0 Å². The Labute approximate surface area is 179 Å². The molecule has 6 nitrogen and oxygen atoms in total. The third-order valence-corrected chi connectivity index (χ3v) is 5.78. The molecule has 3 rings (SSSR count). The van der Waals surface area contributed by atoms with Gasteiger partial charge in [0.25, 0.3) is 0 Å². The molecule has 0 radical (unpaired) electrons. The molecule has 2 N–H and O–H groups in total. The second kappa shape index (κ2) is 10.2. The molecule has 0 saturated heterocycles. The van der Waals surface area contributed by atoms with Gasteiger partial charge in [-0.25, -0.2) is 4.99 Å². The Kier molecular flexibility index (Phi) is 7.44. The third-order valence-electron chi connectivity index (χ3n) is 5.78. The molecular formula is C24H33N3O3. The van der Waals surface area contributed by atoms with Crippen LogP contribution in [0.1, 0.15) is 37.3 Å². The third kappa shape index (κ3) is 4.81. The topological polar surface area (TPSA) is 64.1 Å². The van der Waals surface area contributed by atoms with Gasteiger partial charge in [0, 0.05) is 18.5 Å². The summed E-state index contributed by atoms with van der Waals surface area (Å²) in [6.07, 6.45) is 3.68. The van der Waals surface area contributed by atoms with E-state index in [2.05, 4.69) is 47.9 Å². The zero-order valence-electron chi connectivity index (χ0n) is 18.5. The van der Waals surface area contributed by atoms with Gasteiger partial charge >= 0.3 is 0 Å². The van der Waals surface area contributed by atoms with Crippen LogP contribution in [0.25, 0.3) is 0 Å². The number of guanidine groups is 1. The summed E-state index contributed by atoms with van der Waals surface area (Å²) in [6, 6.07) is 14.7.